The minimum absolute atomic E-state index is 0.0638. The van der Waals surface area contributed by atoms with Crippen LogP contribution in [0, 0.1) is 13.8 Å². The zero-order chi connectivity index (χ0) is 13.2. The van der Waals surface area contributed by atoms with Crippen LogP contribution in [0.5, 0.6) is 0 Å². The van der Waals surface area contributed by atoms with Crippen LogP contribution in [-0.2, 0) is 14.8 Å². The first-order chi connectivity index (χ1) is 7.79. The smallest absolute Gasteiger partial charge is 0.244 e. The Kier molecular flexibility index (Phi) is 4.29. The predicted molar refractivity (Wildman–Crippen MR) is 63.3 cm³/mol. The molecule has 0 spiro atoms. The van der Waals surface area contributed by atoms with Gasteiger partial charge in [-0.25, -0.2) is 8.42 Å². The van der Waals surface area contributed by atoms with Crippen molar-refractivity contribution in [1.29, 1.82) is 0 Å². The molecule has 0 saturated heterocycles. The largest absolute Gasteiger partial charge is 0.281 e. The zero-order valence-electron chi connectivity index (χ0n) is 9.74. The van der Waals surface area contributed by atoms with E-state index in [4.69, 9.17) is 11.6 Å². The van der Waals surface area contributed by atoms with Gasteiger partial charge in [-0.3, -0.25) is 9.89 Å². The predicted octanol–water partition coefficient (Wildman–Crippen LogP) is 0.849. The molecule has 0 radical (unpaired) electrons. The molecule has 1 unspecified atom stereocenters. The maximum atomic E-state index is 12.0. The Morgan fingerprint density at radius 2 is 2.12 bits per heavy atom. The van der Waals surface area contributed by atoms with E-state index in [1.54, 1.807) is 20.8 Å². The van der Waals surface area contributed by atoms with Gasteiger partial charge in [-0.05, 0) is 31.9 Å². The lowest BCUT2D eigenvalue weighted by atomic mass is 10.3. The van der Waals surface area contributed by atoms with Gasteiger partial charge in [0.25, 0.3) is 0 Å². The molecule has 2 N–H and O–H groups in total. The van der Waals surface area contributed by atoms with Crippen LogP contribution in [0.2, 0.25) is 0 Å². The average Bonchev–Trinajstić information content (AvgIpc) is 2.55. The standard InChI is InChI=1S/C9H14ClN3O3S/c1-4-7(9(10)14)13-17(15,16)8-5(2)11-12-6(8)3/h7,13H,4H2,1-3H3,(H,11,12). The summed E-state index contributed by atoms with van der Waals surface area (Å²) in [4.78, 5) is 11.1. The number of rotatable bonds is 5. The number of carbonyl (C=O) groups excluding carboxylic acids is 1. The molecule has 6 nitrogen and oxygen atoms in total. The van der Waals surface area contributed by atoms with Crippen molar-refractivity contribution < 1.29 is 13.2 Å². The van der Waals surface area contributed by atoms with Gasteiger partial charge in [0.05, 0.1) is 17.4 Å². The molecular weight excluding hydrogens is 266 g/mol. The van der Waals surface area contributed by atoms with E-state index in [-0.39, 0.29) is 11.3 Å². The highest BCUT2D eigenvalue weighted by molar-refractivity contribution is 7.89. The Labute approximate surface area is 105 Å². The molecule has 0 aliphatic rings. The summed E-state index contributed by atoms with van der Waals surface area (Å²) in [5, 5.41) is 5.65. The topological polar surface area (TPSA) is 91.9 Å². The number of aromatic nitrogens is 2. The second-order valence-corrected chi connectivity index (χ2v) is 5.67. The van der Waals surface area contributed by atoms with Crippen LogP contribution in [0.4, 0.5) is 0 Å². The maximum Gasteiger partial charge on any atom is 0.244 e. The number of H-pyrrole nitrogens is 1. The molecule has 1 atom stereocenters. The van der Waals surface area contributed by atoms with E-state index in [2.05, 4.69) is 14.9 Å². The van der Waals surface area contributed by atoms with Gasteiger partial charge in [0.1, 0.15) is 4.90 Å². The van der Waals surface area contributed by atoms with Crippen molar-refractivity contribution in [2.24, 2.45) is 0 Å². The van der Waals surface area contributed by atoms with Crippen molar-refractivity contribution in [3.8, 4) is 0 Å². The SMILES string of the molecule is CCC(NS(=O)(=O)c1c(C)n[nH]c1C)C(=O)Cl. The fraction of sp³-hybridized carbons (Fsp3) is 0.556. The normalized spacial score (nSPS) is 13.6. The van der Waals surface area contributed by atoms with E-state index in [1.165, 1.54) is 0 Å². The number of halogens is 1. The fourth-order valence-electron chi connectivity index (χ4n) is 1.47. The van der Waals surface area contributed by atoms with Crippen molar-refractivity contribution in [2.45, 2.75) is 38.1 Å². The maximum absolute atomic E-state index is 12.0. The summed E-state index contributed by atoms with van der Waals surface area (Å²) in [5.41, 5.74) is 0.777. The highest BCUT2D eigenvalue weighted by atomic mass is 35.5. The van der Waals surface area contributed by atoms with Gasteiger partial charge < -0.3 is 0 Å². The second kappa shape index (κ2) is 5.16. The number of aromatic amines is 1. The third-order valence-electron chi connectivity index (χ3n) is 2.31. The lowest BCUT2D eigenvalue weighted by Crippen LogP contribution is -2.38. The van der Waals surface area contributed by atoms with Crippen LogP contribution >= 0.6 is 11.6 Å². The number of aryl methyl sites for hydroxylation is 2. The van der Waals surface area contributed by atoms with Crippen molar-refractivity contribution in [2.75, 3.05) is 0 Å². The summed E-state index contributed by atoms with van der Waals surface area (Å²) in [6.45, 7) is 4.84. The molecule has 8 heteroatoms. The van der Waals surface area contributed by atoms with Crippen LogP contribution in [0.25, 0.3) is 0 Å². The van der Waals surface area contributed by atoms with Crippen LogP contribution in [0.3, 0.4) is 0 Å². The van der Waals surface area contributed by atoms with Crippen molar-refractivity contribution >= 4 is 26.9 Å². The molecule has 0 aromatic carbocycles. The summed E-state index contributed by atoms with van der Waals surface area (Å²) in [5.74, 6) is 0. The first kappa shape index (κ1) is 14.1. The zero-order valence-corrected chi connectivity index (χ0v) is 11.3. The van der Waals surface area contributed by atoms with Gasteiger partial charge in [0, 0.05) is 0 Å². The Morgan fingerprint density at radius 3 is 2.47 bits per heavy atom. The molecule has 1 aromatic heterocycles. The van der Waals surface area contributed by atoms with E-state index in [1.807, 2.05) is 0 Å². The van der Waals surface area contributed by atoms with Crippen LogP contribution in [0.1, 0.15) is 24.7 Å². The molecular formula is C9H14ClN3O3S. The van der Waals surface area contributed by atoms with E-state index in [9.17, 15) is 13.2 Å². The molecule has 0 bridgehead atoms. The molecule has 1 heterocycles. The van der Waals surface area contributed by atoms with Gasteiger partial charge in [-0.2, -0.15) is 9.82 Å². The minimum atomic E-state index is -3.78. The monoisotopic (exact) mass is 279 g/mol. The summed E-state index contributed by atoms with van der Waals surface area (Å²) in [6.07, 6.45) is 0.289. The summed E-state index contributed by atoms with van der Waals surface area (Å²) < 4.78 is 26.3. The minimum Gasteiger partial charge on any atom is -0.281 e. The molecule has 17 heavy (non-hydrogen) atoms. The number of hydrogen-bond acceptors (Lipinski definition) is 4. The molecule has 0 fully saturated rings. The second-order valence-electron chi connectivity index (χ2n) is 3.65. The molecule has 1 aromatic rings. The molecule has 0 amide bonds. The summed E-state index contributed by atoms with van der Waals surface area (Å²) >= 11 is 5.30. The average molecular weight is 280 g/mol. The van der Waals surface area contributed by atoms with Gasteiger partial charge in [0.2, 0.25) is 15.3 Å². The van der Waals surface area contributed by atoms with Crippen LogP contribution in [0.15, 0.2) is 4.90 Å². The van der Waals surface area contributed by atoms with Gasteiger partial charge in [-0.1, -0.05) is 6.92 Å². The third kappa shape index (κ3) is 3.05. The lowest BCUT2D eigenvalue weighted by molar-refractivity contribution is -0.113. The van der Waals surface area contributed by atoms with Crippen molar-refractivity contribution in [3.63, 3.8) is 0 Å². The Balaban J connectivity index is 3.09. The first-order valence-electron chi connectivity index (χ1n) is 5.02. The van der Waals surface area contributed by atoms with E-state index in [0.29, 0.717) is 11.4 Å². The summed E-state index contributed by atoms with van der Waals surface area (Å²) in [7, 11) is -3.78. The Hall–Kier alpha value is -0.920. The van der Waals surface area contributed by atoms with E-state index in [0.717, 1.165) is 0 Å². The number of sulfonamides is 1. The van der Waals surface area contributed by atoms with Gasteiger partial charge in [-0.15, -0.1) is 0 Å². The molecule has 96 valence electrons. The quantitative estimate of drug-likeness (QED) is 0.782. The van der Waals surface area contributed by atoms with Crippen LogP contribution in [-0.4, -0.2) is 29.9 Å². The molecule has 1 rings (SSSR count). The van der Waals surface area contributed by atoms with E-state index < -0.39 is 21.3 Å². The van der Waals surface area contributed by atoms with Gasteiger partial charge >= 0.3 is 0 Å². The molecule has 0 aliphatic carbocycles. The van der Waals surface area contributed by atoms with Crippen molar-refractivity contribution in [3.05, 3.63) is 11.4 Å². The highest BCUT2D eigenvalue weighted by Crippen LogP contribution is 2.17. The number of nitrogens with one attached hydrogen (secondary N) is 2. The fourth-order valence-corrected chi connectivity index (χ4v) is 3.40. The van der Waals surface area contributed by atoms with Gasteiger partial charge in [0.15, 0.2) is 0 Å². The Morgan fingerprint density at radius 1 is 1.53 bits per heavy atom. The highest BCUT2D eigenvalue weighted by Gasteiger charge is 2.27. The number of hydrogen-bond donors (Lipinski definition) is 2. The lowest BCUT2D eigenvalue weighted by Gasteiger charge is -2.12. The van der Waals surface area contributed by atoms with Crippen molar-refractivity contribution in [1.82, 2.24) is 14.9 Å². The molecule has 0 saturated carbocycles. The summed E-state index contributed by atoms with van der Waals surface area (Å²) in [6, 6.07) is -0.921. The number of nitrogens with zero attached hydrogens (tertiary/aromatic N) is 1. The first-order valence-corrected chi connectivity index (χ1v) is 6.89. The molecule has 0 aliphatic heterocycles. The Bertz CT molecular complexity index is 504. The van der Waals surface area contributed by atoms with E-state index >= 15 is 0 Å². The third-order valence-corrected chi connectivity index (χ3v) is 4.31. The van der Waals surface area contributed by atoms with Crippen LogP contribution < -0.4 is 4.72 Å². The number of carbonyl (C=O) groups is 1.